The summed E-state index contributed by atoms with van der Waals surface area (Å²) in [5.74, 6) is 0. The van der Waals surface area contributed by atoms with Gasteiger partial charge in [0.1, 0.15) is 0 Å². The van der Waals surface area contributed by atoms with E-state index >= 15 is 0 Å². The molecule has 0 aliphatic heterocycles. The molecule has 2 aliphatic carbocycles. The molecule has 0 spiro atoms. The van der Waals surface area contributed by atoms with Crippen molar-refractivity contribution < 1.29 is 0 Å². The zero-order valence-corrected chi connectivity index (χ0v) is 15.7. The summed E-state index contributed by atoms with van der Waals surface area (Å²) >= 11 is 5.94. The van der Waals surface area contributed by atoms with Gasteiger partial charge in [-0.2, -0.15) is 0 Å². The number of benzene rings is 3. The van der Waals surface area contributed by atoms with E-state index in [0.29, 0.717) is 0 Å². The van der Waals surface area contributed by atoms with Crippen molar-refractivity contribution >= 4 is 33.4 Å². The van der Waals surface area contributed by atoms with Crippen LogP contribution in [0.3, 0.4) is 0 Å². The fourth-order valence-corrected chi connectivity index (χ4v) is 4.82. The third kappa shape index (κ3) is 2.39. The Bertz CT molecular complexity index is 1110. The largest absolute Gasteiger partial charge is 0.0839 e. The van der Waals surface area contributed by atoms with Crippen molar-refractivity contribution in [3.05, 3.63) is 89.0 Å². The number of fused-ring (bicyclic) bond motifs is 4. The second-order valence-corrected chi connectivity index (χ2v) is 7.82. The molecule has 0 bridgehead atoms. The first-order valence-electron chi connectivity index (χ1n) is 9.27. The van der Waals surface area contributed by atoms with Crippen LogP contribution in [0.1, 0.15) is 36.0 Å². The Morgan fingerprint density at radius 2 is 1.77 bits per heavy atom. The minimum atomic E-state index is 0.934. The van der Waals surface area contributed by atoms with E-state index in [1.807, 2.05) is 0 Å². The lowest BCUT2D eigenvalue weighted by Crippen LogP contribution is -2.13. The lowest BCUT2D eigenvalue weighted by atomic mass is 9.78. The maximum atomic E-state index is 5.94. The molecule has 0 saturated heterocycles. The molecule has 1 heteroatoms. The van der Waals surface area contributed by atoms with Crippen LogP contribution >= 0.6 is 12.2 Å². The summed E-state index contributed by atoms with van der Waals surface area (Å²) in [6, 6.07) is 19.8. The second-order valence-electron chi connectivity index (χ2n) is 7.32. The minimum absolute atomic E-state index is 0.934. The zero-order valence-electron chi connectivity index (χ0n) is 14.9. The van der Waals surface area contributed by atoms with E-state index in [-0.39, 0.29) is 0 Å². The number of allylic oxidation sites excluding steroid dienone is 4. The van der Waals surface area contributed by atoms with E-state index in [9.17, 15) is 0 Å². The molecule has 0 N–H and O–H groups in total. The summed E-state index contributed by atoms with van der Waals surface area (Å²) in [5.41, 5.74) is 9.36. The Morgan fingerprint density at radius 3 is 2.62 bits per heavy atom. The molecule has 0 radical (unpaired) electrons. The van der Waals surface area contributed by atoms with Crippen LogP contribution < -0.4 is 0 Å². The third-order valence-corrected chi connectivity index (χ3v) is 5.92. The average Bonchev–Trinajstić information content (AvgIpc) is 2.67. The molecule has 5 rings (SSSR count). The van der Waals surface area contributed by atoms with Crippen LogP contribution in [0, 0.1) is 6.92 Å². The van der Waals surface area contributed by atoms with Gasteiger partial charge in [0.15, 0.2) is 0 Å². The van der Waals surface area contributed by atoms with Gasteiger partial charge in [-0.1, -0.05) is 84.5 Å². The molecule has 3 aromatic carbocycles. The predicted octanol–water partition coefficient (Wildman–Crippen LogP) is 7.04. The monoisotopic (exact) mass is 352 g/mol. The van der Waals surface area contributed by atoms with Gasteiger partial charge in [0, 0.05) is 16.8 Å². The van der Waals surface area contributed by atoms with Crippen molar-refractivity contribution in [1.29, 1.82) is 0 Å². The van der Waals surface area contributed by atoms with Crippen LogP contribution in [0.4, 0.5) is 0 Å². The molecule has 0 nitrogen and oxygen atoms in total. The van der Waals surface area contributed by atoms with Gasteiger partial charge < -0.3 is 0 Å². The van der Waals surface area contributed by atoms with Gasteiger partial charge in [0.05, 0.1) is 0 Å². The summed E-state index contributed by atoms with van der Waals surface area (Å²) in [4.78, 5) is 1.10. The Hall–Kier alpha value is -2.51. The summed E-state index contributed by atoms with van der Waals surface area (Å²) in [5, 5.41) is 2.60. The first kappa shape index (κ1) is 15.7. The summed E-state index contributed by atoms with van der Waals surface area (Å²) < 4.78 is 0. The third-order valence-electron chi connectivity index (χ3n) is 5.57. The number of rotatable bonds is 1. The second kappa shape index (κ2) is 6.03. The van der Waals surface area contributed by atoms with E-state index in [2.05, 4.69) is 73.7 Å². The van der Waals surface area contributed by atoms with Crippen molar-refractivity contribution in [3.63, 3.8) is 0 Å². The zero-order chi connectivity index (χ0) is 17.7. The summed E-state index contributed by atoms with van der Waals surface area (Å²) in [6.07, 6.45) is 7.82. The van der Waals surface area contributed by atoms with Crippen LogP contribution in [0.25, 0.3) is 27.5 Å². The lowest BCUT2D eigenvalue weighted by Gasteiger charge is -2.27. The molecular weight excluding hydrogens is 332 g/mol. The fraction of sp³-hybridized carbons (Fsp3) is 0.160. The van der Waals surface area contributed by atoms with Crippen LogP contribution in [0.2, 0.25) is 0 Å². The Kier molecular flexibility index (Phi) is 3.65. The smallest absolute Gasteiger partial charge is 0.0278 e. The molecule has 0 unspecified atom stereocenters. The number of thiocarbonyl (C=S) groups is 1. The van der Waals surface area contributed by atoms with Gasteiger partial charge in [0.25, 0.3) is 0 Å². The first-order chi connectivity index (χ1) is 12.7. The van der Waals surface area contributed by atoms with Gasteiger partial charge in [-0.05, 0) is 58.4 Å². The molecule has 0 heterocycles. The normalized spacial score (nSPS) is 16.0. The van der Waals surface area contributed by atoms with Gasteiger partial charge in [0.2, 0.25) is 0 Å². The highest BCUT2D eigenvalue weighted by atomic mass is 32.1. The molecule has 0 amide bonds. The molecule has 0 saturated carbocycles. The highest BCUT2D eigenvalue weighted by Crippen LogP contribution is 2.43. The molecule has 0 atom stereocenters. The van der Waals surface area contributed by atoms with Crippen LogP contribution in [0.15, 0.2) is 72.3 Å². The highest BCUT2D eigenvalue weighted by Gasteiger charge is 2.25. The fourth-order valence-electron chi connectivity index (χ4n) is 4.43. The SMILES string of the molecule is Cc1cc(-c2ccccc2)c2c3c(ccc2c1)C1=C(CCC=C1)CC3=S. The van der Waals surface area contributed by atoms with E-state index in [4.69, 9.17) is 12.2 Å². The van der Waals surface area contributed by atoms with Crippen LogP contribution in [0.5, 0.6) is 0 Å². The molecule has 0 aromatic heterocycles. The van der Waals surface area contributed by atoms with Crippen LogP contribution in [-0.2, 0) is 0 Å². The Labute approximate surface area is 159 Å². The van der Waals surface area contributed by atoms with Crippen LogP contribution in [-0.4, -0.2) is 4.86 Å². The van der Waals surface area contributed by atoms with Crippen molar-refractivity contribution in [2.45, 2.75) is 26.2 Å². The van der Waals surface area contributed by atoms with E-state index in [1.165, 1.54) is 49.7 Å². The predicted molar refractivity (Wildman–Crippen MR) is 116 cm³/mol. The lowest BCUT2D eigenvalue weighted by molar-refractivity contribution is 0.941. The number of hydrogen-bond donors (Lipinski definition) is 0. The first-order valence-corrected chi connectivity index (χ1v) is 9.68. The van der Waals surface area contributed by atoms with Gasteiger partial charge in [-0.15, -0.1) is 0 Å². The number of hydrogen-bond acceptors (Lipinski definition) is 1. The maximum Gasteiger partial charge on any atom is 0.0278 e. The molecule has 126 valence electrons. The van der Waals surface area contributed by atoms with E-state index in [0.717, 1.165) is 24.1 Å². The molecule has 26 heavy (non-hydrogen) atoms. The molecule has 3 aromatic rings. The summed E-state index contributed by atoms with van der Waals surface area (Å²) in [6.45, 7) is 2.17. The number of aryl methyl sites for hydroxylation is 1. The van der Waals surface area contributed by atoms with E-state index < -0.39 is 0 Å². The van der Waals surface area contributed by atoms with Crippen molar-refractivity contribution in [2.24, 2.45) is 0 Å². The van der Waals surface area contributed by atoms with Crippen molar-refractivity contribution in [2.75, 3.05) is 0 Å². The Morgan fingerprint density at radius 1 is 0.923 bits per heavy atom. The average molecular weight is 353 g/mol. The topological polar surface area (TPSA) is 0 Å². The van der Waals surface area contributed by atoms with Gasteiger partial charge in [-0.25, -0.2) is 0 Å². The summed E-state index contributed by atoms with van der Waals surface area (Å²) in [7, 11) is 0. The molecule has 2 aliphatic rings. The van der Waals surface area contributed by atoms with Crippen molar-refractivity contribution in [1.82, 2.24) is 0 Å². The minimum Gasteiger partial charge on any atom is -0.0839 e. The van der Waals surface area contributed by atoms with E-state index in [1.54, 1.807) is 0 Å². The quantitative estimate of drug-likeness (QED) is 0.423. The molecular formula is C25H20S. The molecule has 0 fully saturated rings. The maximum absolute atomic E-state index is 5.94. The van der Waals surface area contributed by atoms with Crippen molar-refractivity contribution in [3.8, 4) is 11.1 Å². The Balaban J connectivity index is 1.90. The highest BCUT2D eigenvalue weighted by molar-refractivity contribution is 7.81. The van der Waals surface area contributed by atoms with Gasteiger partial charge in [-0.3, -0.25) is 0 Å². The van der Waals surface area contributed by atoms with Gasteiger partial charge >= 0.3 is 0 Å². The standard InChI is InChI=1S/C25H20S/c1-16-13-19-11-12-21-20-10-6-5-9-18(20)15-23(26)25(21)24(19)22(14-16)17-7-3-2-4-8-17/h2-4,6-8,10-14H,5,9,15H2,1H3.